The van der Waals surface area contributed by atoms with Crippen molar-refractivity contribution in [3.05, 3.63) is 45.7 Å². The number of hydrogen-bond acceptors (Lipinski definition) is 3. The minimum atomic E-state index is -0.943. The molecule has 2 aromatic rings. The lowest BCUT2D eigenvalue weighted by atomic mass is 10.1. The lowest BCUT2D eigenvalue weighted by Gasteiger charge is -2.10. The molecule has 0 bridgehead atoms. The van der Waals surface area contributed by atoms with Crippen LogP contribution in [0.1, 0.15) is 18.3 Å². The minimum absolute atomic E-state index is 0.0230. The maximum atomic E-state index is 13.6. The summed E-state index contributed by atoms with van der Waals surface area (Å²) in [5.41, 5.74) is 7.70. The van der Waals surface area contributed by atoms with Gasteiger partial charge in [-0.15, -0.1) is 0 Å². The first-order valence-corrected chi connectivity index (χ1v) is 6.91. The van der Waals surface area contributed by atoms with Gasteiger partial charge in [-0.1, -0.05) is 0 Å². The molecule has 0 saturated carbocycles. The first-order valence-electron chi connectivity index (χ1n) is 6.12. The molecule has 0 aliphatic rings. The molecule has 0 radical (unpaired) electrons. The smallest absolute Gasteiger partial charge is 0.173 e. The van der Waals surface area contributed by atoms with Crippen LogP contribution in [0.3, 0.4) is 0 Å². The number of aromatic nitrogens is 2. The lowest BCUT2D eigenvalue weighted by Crippen LogP contribution is -2.19. The van der Waals surface area contributed by atoms with Crippen LogP contribution in [-0.4, -0.2) is 16.0 Å². The molecule has 20 heavy (non-hydrogen) atoms. The van der Waals surface area contributed by atoms with Gasteiger partial charge in [0.05, 0.1) is 4.47 Å². The summed E-state index contributed by atoms with van der Waals surface area (Å²) in [7, 11) is 0. The first-order chi connectivity index (χ1) is 9.38. The Hall–Kier alpha value is -1.40. The van der Waals surface area contributed by atoms with Crippen molar-refractivity contribution in [2.45, 2.75) is 26.3 Å². The number of hydrogen-bond donors (Lipinski definition) is 1. The van der Waals surface area contributed by atoms with E-state index in [1.165, 1.54) is 6.07 Å². The molecule has 3 nitrogen and oxygen atoms in total. The average molecular weight is 342 g/mol. The van der Waals surface area contributed by atoms with Gasteiger partial charge in [0, 0.05) is 29.4 Å². The lowest BCUT2D eigenvalue weighted by molar-refractivity contribution is 0.504. The Morgan fingerprint density at radius 2 is 2.00 bits per heavy atom. The topological polar surface area (TPSA) is 51.8 Å². The molecule has 1 atom stereocenters. The summed E-state index contributed by atoms with van der Waals surface area (Å²) < 4.78 is 26.8. The van der Waals surface area contributed by atoms with Gasteiger partial charge in [-0.3, -0.25) is 0 Å². The van der Waals surface area contributed by atoms with Crippen LogP contribution in [0.5, 0.6) is 0 Å². The fourth-order valence-electron chi connectivity index (χ4n) is 1.89. The summed E-state index contributed by atoms with van der Waals surface area (Å²) in [6.45, 7) is 3.70. The highest BCUT2D eigenvalue weighted by atomic mass is 79.9. The highest BCUT2D eigenvalue weighted by molar-refractivity contribution is 9.10. The van der Waals surface area contributed by atoms with Crippen LogP contribution in [0.25, 0.3) is 11.4 Å². The van der Waals surface area contributed by atoms with E-state index in [-0.39, 0.29) is 10.5 Å². The normalized spacial score (nSPS) is 12.5. The summed E-state index contributed by atoms with van der Waals surface area (Å²) in [5.74, 6) is -1.50. The van der Waals surface area contributed by atoms with Crippen LogP contribution in [0, 0.1) is 18.6 Å². The monoisotopic (exact) mass is 341 g/mol. The zero-order chi connectivity index (χ0) is 14.9. The molecule has 1 heterocycles. The van der Waals surface area contributed by atoms with Crippen LogP contribution >= 0.6 is 15.9 Å². The number of benzene rings is 1. The second-order valence-corrected chi connectivity index (χ2v) is 5.52. The van der Waals surface area contributed by atoms with E-state index in [1.807, 2.05) is 19.9 Å². The number of aryl methyl sites for hydroxylation is 1. The van der Waals surface area contributed by atoms with E-state index in [0.29, 0.717) is 17.8 Å². The Labute approximate surface area is 124 Å². The summed E-state index contributed by atoms with van der Waals surface area (Å²) in [6, 6.07) is 4.31. The molecular weight excluding hydrogens is 328 g/mol. The van der Waals surface area contributed by atoms with Crippen molar-refractivity contribution in [3.8, 4) is 11.4 Å². The van der Waals surface area contributed by atoms with Crippen molar-refractivity contribution < 1.29 is 8.78 Å². The Morgan fingerprint density at radius 3 is 2.65 bits per heavy atom. The van der Waals surface area contributed by atoms with Crippen molar-refractivity contribution in [1.82, 2.24) is 9.97 Å². The molecule has 0 amide bonds. The standard InChI is InChI=1S/C14H14BrF2N3/c1-7(18)5-9-6-8(2)19-14(20-9)10-3-4-11(16)13(17)12(10)15/h3-4,6-7H,5,18H2,1-2H3. The molecule has 0 aliphatic heterocycles. The third kappa shape index (κ3) is 3.19. The van der Waals surface area contributed by atoms with E-state index < -0.39 is 11.6 Å². The quantitative estimate of drug-likeness (QED) is 0.870. The molecule has 6 heteroatoms. The van der Waals surface area contributed by atoms with Gasteiger partial charge in [-0.05, 0) is 48.0 Å². The van der Waals surface area contributed by atoms with Gasteiger partial charge >= 0.3 is 0 Å². The zero-order valence-electron chi connectivity index (χ0n) is 11.1. The number of rotatable bonds is 3. The van der Waals surface area contributed by atoms with Crippen molar-refractivity contribution in [2.75, 3.05) is 0 Å². The van der Waals surface area contributed by atoms with E-state index in [9.17, 15) is 8.78 Å². The average Bonchev–Trinajstić information content (AvgIpc) is 2.34. The number of halogens is 3. The predicted molar refractivity (Wildman–Crippen MR) is 77.2 cm³/mol. The van der Waals surface area contributed by atoms with Crippen molar-refractivity contribution in [2.24, 2.45) is 5.73 Å². The molecule has 1 aromatic heterocycles. The SMILES string of the molecule is Cc1cc(CC(C)N)nc(-c2ccc(F)c(F)c2Br)n1. The summed E-state index contributed by atoms with van der Waals surface area (Å²) in [4.78, 5) is 8.64. The van der Waals surface area contributed by atoms with Crippen LogP contribution in [0.2, 0.25) is 0 Å². The molecule has 0 spiro atoms. The van der Waals surface area contributed by atoms with Gasteiger partial charge < -0.3 is 5.73 Å². The molecule has 2 rings (SSSR count). The van der Waals surface area contributed by atoms with Crippen molar-refractivity contribution in [3.63, 3.8) is 0 Å². The van der Waals surface area contributed by atoms with E-state index >= 15 is 0 Å². The van der Waals surface area contributed by atoms with Gasteiger partial charge in [-0.25, -0.2) is 18.7 Å². The van der Waals surface area contributed by atoms with Crippen molar-refractivity contribution >= 4 is 15.9 Å². The van der Waals surface area contributed by atoms with Gasteiger partial charge in [-0.2, -0.15) is 0 Å². The highest BCUT2D eigenvalue weighted by Gasteiger charge is 2.15. The molecule has 1 unspecified atom stereocenters. The molecule has 106 valence electrons. The van der Waals surface area contributed by atoms with Crippen LogP contribution in [-0.2, 0) is 6.42 Å². The zero-order valence-corrected chi connectivity index (χ0v) is 12.7. The van der Waals surface area contributed by atoms with Crippen LogP contribution in [0.4, 0.5) is 8.78 Å². The Bertz CT molecular complexity index is 645. The molecule has 0 saturated heterocycles. The fraction of sp³-hybridized carbons (Fsp3) is 0.286. The highest BCUT2D eigenvalue weighted by Crippen LogP contribution is 2.30. The predicted octanol–water partition coefficient (Wildman–Crippen LogP) is 3.38. The second kappa shape index (κ2) is 5.93. The van der Waals surface area contributed by atoms with E-state index in [4.69, 9.17) is 5.73 Å². The first kappa shape index (κ1) is 15.0. The van der Waals surface area contributed by atoms with E-state index in [1.54, 1.807) is 0 Å². The molecular formula is C14H14BrF2N3. The maximum Gasteiger partial charge on any atom is 0.173 e. The molecule has 1 aromatic carbocycles. The molecule has 0 aliphatic carbocycles. The number of nitrogens with zero attached hydrogens (tertiary/aromatic N) is 2. The van der Waals surface area contributed by atoms with Gasteiger partial charge in [0.15, 0.2) is 17.5 Å². The summed E-state index contributed by atoms with van der Waals surface area (Å²) in [6.07, 6.45) is 0.595. The number of nitrogens with two attached hydrogens (primary N) is 1. The molecule has 2 N–H and O–H groups in total. The van der Waals surface area contributed by atoms with Crippen LogP contribution < -0.4 is 5.73 Å². The van der Waals surface area contributed by atoms with Gasteiger partial charge in [0.1, 0.15) is 0 Å². The summed E-state index contributed by atoms with van der Waals surface area (Å²) >= 11 is 3.05. The minimum Gasteiger partial charge on any atom is -0.328 e. The van der Waals surface area contributed by atoms with E-state index in [2.05, 4.69) is 25.9 Å². The summed E-state index contributed by atoms with van der Waals surface area (Å²) in [5, 5.41) is 0. The Morgan fingerprint density at radius 1 is 1.30 bits per heavy atom. The Kier molecular flexibility index (Phi) is 4.45. The van der Waals surface area contributed by atoms with Crippen LogP contribution in [0.15, 0.2) is 22.7 Å². The van der Waals surface area contributed by atoms with Crippen molar-refractivity contribution in [1.29, 1.82) is 0 Å². The molecule has 0 fully saturated rings. The van der Waals surface area contributed by atoms with Gasteiger partial charge in [0.25, 0.3) is 0 Å². The van der Waals surface area contributed by atoms with Gasteiger partial charge in [0.2, 0.25) is 0 Å². The fourth-order valence-corrected chi connectivity index (χ4v) is 2.39. The largest absolute Gasteiger partial charge is 0.328 e. The third-order valence-electron chi connectivity index (χ3n) is 2.71. The Balaban J connectivity index is 2.53. The maximum absolute atomic E-state index is 13.6. The van der Waals surface area contributed by atoms with E-state index in [0.717, 1.165) is 17.5 Å². The third-order valence-corrected chi connectivity index (χ3v) is 3.49. The second-order valence-electron chi connectivity index (χ2n) is 4.73.